The van der Waals surface area contributed by atoms with Gasteiger partial charge in [-0.15, -0.1) is 0 Å². The number of carbonyl (C=O) groups is 4. The Labute approximate surface area is 303 Å². The number of hydrogen-bond donors (Lipinski definition) is 2. The van der Waals surface area contributed by atoms with Gasteiger partial charge in [-0.05, 0) is 72.9 Å². The Morgan fingerprint density at radius 1 is 0.846 bits per heavy atom. The Morgan fingerprint density at radius 2 is 1.50 bits per heavy atom. The van der Waals surface area contributed by atoms with Crippen molar-refractivity contribution in [1.29, 1.82) is 0 Å². The summed E-state index contributed by atoms with van der Waals surface area (Å²) in [5.74, 6) is -6.34. The highest BCUT2D eigenvalue weighted by atomic mass is 35.5. The summed E-state index contributed by atoms with van der Waals surface area (Å²) < 4.78 is 25.6. The molecule has 1 saturated carbocycles. The minimum absolute atomic E-state index is 0.0582. The first-order valence-electron chi connectivity index (χ1n) is 16.8. The van der Waals surface area contributed by atoms with Crippen LogP contribution in [0.15, 0.2) is 103 Å². The molecule has 2 saturated heterocycles. The van der Waals surface area contributed by atoms with E-state index in [1.54, 1.807) is 54.6 Å². The van der Waals surface area contributed by atoms with E-state index in [0.29, 0.717) is 33.1 Å². The Kier molecular flexibility index (Phi) is 8.06. The number of benzene rings is 4. The molecular formula is C40H33ClFN3O7. The average Bonchev–Trinajstić information content (AvgIpc) is 3.53. The second kappa shape index (κ2) is 12.5. The normalized spacial score (nSPS) is 26.5. The molecule has 0 unspecified atom stereocenters. The molecule has 0 aromatic heterocycles. The number of halogens is 2. The maximum absolute atomic E-state index is 15.4. The van der Waals surface area contributed by atoms with Crippen LogP contribution in [0.5, 0.6) is 17.2 Å². The number of imide groups is 2. The number of nitrogens with zero attached hydrogens (tertiary/aromatic N) is 2. The fourth-order valence-corrected chi connectivity index (χ4v) is 9.14. The largest absolute Gasteiger partial charge is 0.508 e. The number of methoxy groups -OCH3 is 2. The molecule has 4 aromatic rings. The molecule has 6 atom stereocenters. The van der Waals surface area contributed by atoms with Gasteiger partial charge in [0, 0.05) is 28.6 Å². The topological polar surface area (TPSA) is 125 Å². The molecule has 10 nitrogen and oxygen atoms in total. The molecule has 52 heavy (non-hydrogen) atoms. The number of rotatable bonds is 7. The van der Waals surface area contributed by atoms with Crippen molar-refractivity contribution < 1.29 is 38.1 Å². The number of anilines is 2. The van der Waals surface area contributed by atoms with E-state index in [4.69, 9.17) is 21.1 Å². The van der Waals surface area contributed by atoms with Crippen LogP contribution in [-0.4, -0.2) is 48.0 Å². The molecule has 12 heteroatoms. The maximum atomic E-state index is 15.4. The molecule has 2 aliphatic carbocycles. The van der Waals surface area contributed by atoms with Crippen LogP contribution in [0.4, 0.5) is 15.8 Å². The summed E-state index contributed by atoms with van der Waals surface area (Å²) in [6.07, 6.45) is 2.19. The molecule has 8 rings (SSSR count). The summed E-state index contributed by atoms with van der Waals surface area (Å²) in [7, 11) is 2.85. The molecule has 2 N–H and O–H groups in total. The van der Waals surface area contributed by atoms with Crippen LogP contribution in [0.1, 0.15) is 29.9 Å². The van der Waals surface area contributed by atoms with Crippen molar-refractivity contribution in [2.24, 2.45) is 23.7 Å². The minimum Gasteiger partial charge on any atom is -0.508 e. The Balaban J connectivity index is 1.38. The van der Waals surface area contributed by atoms with Crippen molar-refractivity contribution >= 4 is 46.6 Å². The van der Waals surface area contributed by atoms with E-state index in [1.165, 1.54) is 55.5 Å². The summed E-state index contributed by atoms with van der Waals surface area (Å²) in [4.78, 5) is 59.9. The quantitative estimate of drug-likeness (QED) is 0.166. The number of amides is 4. The third-order valence-electron chi connectivity index (χ3n) is 11.1. The highest BCUT2D eigenvalue weighted by Crippen LogP contribution is 2.66. The second-order valence-corrected chi connectivity index (χ2v) is 13.9. The van der Waals surface area contributed by atoms with E-state index in [-0.39, 0.29) is 41.9 Å². The minimum atomic E-state index is -1.66. The van der Waals surface area contributed by atoms with Crippen LogP contribution in [0.3, 0.4) is 0 Å². The smallest absolute Gasteiger partial charge is 0.260 e. The van der Waals surface area contributed by atoms with Gasteiger partial charge in [-0.3, -0.25) is 29.5 Å². The van der Waals surface area contributed by atoms with Gasteiger partial charge in [0.2, 0.25) is 11.8 Å². The Hall–Kier alpha value is -5.68. The van der Waals surface area contributed by atoms with Crippen LogP contribution in [-0.2, 0) is 24.6 Å². The number of ether oxygens (including phenoxy) is 2. The third-order valence-corrected chi connectivity index (χ3v) is 11.3. The predicted molar refractivity (Wildman–Crippen MR) is 189 cm³/mol. The SMILES string of the molecule is COc1cc(O)cc(OC)c1[C@H]1C2=CC[C@@H]3C(=O)N(c4ccccc4)C(=O)[C@@H]3[C@@H]2C[C@H]2C(=O)N(Nc3ccc(F)cc3)C(=O)[C@@]12c1ccc(Cl)cc1. The molecular weight excluding hydrogens is 689 g/mol. The molecule has 4 aromatic carbocycles. The molecule has 4 aliphatic rings. The zero-order valence-corrected chi connectivity index (χ0v) is 28.8. The number of para-hydroxylation sites is 1. The first-order chi connectivity index (χ1) is 25.1. The number of phenolic OH excluding ortho intramolecular Hbond substituents is 1. The van der Waals surface area contributed by atoms with Gasteiger partial charge < -0.3 is 14.6 Å². The summed E-state index contributed by atoms with van der Waals surface area (Å²) in [6.45, 7) is 0. The predicted octanol–water partition coefficient (Wildman–Crippen LogP) is 6.39. The van der Waals surface area contributed by atoms with E-state index in [1.807, 2.05) is 6.08 Å². The molecule has 3 fully saturated rings. The summed E-state index contributed by atoms with van der Waals surface area (Å²) in [5, 5.41) is 12.1. The first-order valence-corrected chi connectivity index (χ1v) is 17.2. The summed E-state index contributed by atoms with van der Waals surface area (Å²) >= 11 is 6.38. The standard InChI is InChI=1S/C40H33ClFN3O7/c1-51-31-18-26(46)19-32(52-2)34(31)35-27-16-17-28-33(38(49)44(36(28)47)25-6-4-3-5-7-25)29(27)20-30-37(48)45(43-24-14-12-23(42)13-15-24)39(50)40(30,35)21-8-10-22(41)11-9-21/h3-16,18-19,28-30,33,35,43,46H,17,20H2,1-2H3/t28-,29+,30-,33-,35+,40+/m0/s1. The maximum Gasteiger partial charge on any atom is 0.260 e. The third kappa shape index (κ3) is 4.82. The van der Waals surface area contributed by atoms with E-state index in [0.717, 1.165) is 5.01 Å². The number of hydrazine groups is 1. The van der Waals surface area contributed by atoms with Gasteiger partial charge in [-0.2, -0.15) is 5.01 Å². The molecule has 0 bridgehead atoms. The Bertz CT molecular complexity index is 2140. The van der Waals surface area contributed by atoms with Gasteiger partial charge in [0.1, 0.15) is 23.1 Å². The van der Waals surface area contributed by atoms with Crippen LogP contribution in [0.25, 0.3) is 0 Å². The van der Waals surface area contributed by atoms with Crippen molar-refractivity contribution in [2.75, 3.05) is 24.5 Å². The fourth-order valence-electron chi connectivity index (χ4n) is 9.01. The molecule has 0 radical (unpaired) electrons. The summed E-state index contributed by atoms with van der Waals surface area (Å²) in [5.41, 5.74) is 3.57. The molecule has 0 spiro atoms. The Morgan fingerprint density at radius 3 is 2.13 bits per heavy atom. The van der Waals surface area contributed by atoms with Gasteiger partial charge in [0.25, 0.3) is 11.8 Å². The lowest BCUT2D eigenvalue weighted by Gasteiger charge is -2.51. The fraction of sp³-hybridized carbons (Fsp3) is 0.250. The van der Waals surface area contributed by atoms with Crippen molar-refractivity contribution in [3.8, 4) is 17.2 Å². The zero-order valence-electron chi connectivity index (χ0n) is 28.1. The van der Waals surface area contributed by atoms with Gasteiger partial charge in [0.05, 0.1) is 48.8 Å². The highest BCUT2D eigenvalue weighted by Gasteiger charge is 2.71. The number of allylic oxidation sites excluding steroid dienone is 2. The zero-order chi connectivity index (χ0) is 36.5. The van der Waals surface area contributed by atoms with Gasteiger partial charge in [0.15, 0.2) is 0 Å². The monoisotopic (exact) mass is 721 g/mol. The van der Waals surface area contributed by atoms with E-state index in [9.17, 15) is 23.9 Å². The van der Waals surface area contributed by atoms with Crippen molar-refractivity contribution in [3.05, 3.63) is 125 Å². The van der Waals surface area contributed by atoms with Crippen LogP contribution < -0.4 is 19.8 Å². The van der Waals surface area contributed by atoms with Gasteiger partial charge in [-0.25, -0.2) is 4.39 Å². The van der Waals surface area contributed by atoms with E-state index >= 15 is 4.79 Å². The summed E-state index contributed by atoms with van der Waals surface area (Å²) in [6, 6.07) is 23.5. The molecule has 2 aliphatic heterocycles. The molecule has 4 amide bonds. The number of nitrogens with one attached hydrogen (secondary N) is 1. The van der Waals surface area contributed by atoms with Crippen LogP contribution in [0, 0.1) is 29.5 Å². The van der Waals surface area contributed by atoms with Crippen molar-refractivity contribution in [3.63, 3.8) is 0 Å². The van der Waals surface area contributed by atoms with Crippen molar-refractivity contribution in [2.45, 2.75) is 24.2 Å². The van der Waals surface area contributed by atoms with Gasteiger partial charge in [-0.1, -0.05) is 53.6 Å². The second-order valence-electron chi connectivity index (χ2n) is 13.5. The van der Waals surface area contributed by atoms with Gasteiger partial charge >= 0.3 is 0 Å². The molecule has 2 heterocycles. The average molecular weight is 722 g/mol. The number of hydrogen-bond acceptors (Lipinski definition) is 8. The van der Waals surface area contributed by atoms with E-state index < -0.39 is 52.6 Å². The first kappa shape index (κ1) is 33.5. The van der Waals surface area contributed by atoms with Crippen LogP contribution >= 0.6 is 11.6 Å². The lowest BCUT2D eigenvalue weighted by atomic mass is 9.49. The number of phenols is 1. The lowest BCUT2D eigenvalue weighted by molar-refractivity contribution is -0.138. The number of carbonyl (C=O) groups excluding carboxylic acids is 4. The number of aromatic hydroxyl groups is 1. The lowest BCUT2D eigenvalue weighted by Crippen LogP contribution is -2.53. The number of fused-ring (bicyclic) bond motifs is 4. The molecule has 264 valence electrons. The van der Waals surface area contributed by atoms with Crippen LogP contribution in [0.2, 0.25) is 5.02 Å². The highest BCUT2D eigenvalue weighted by molar-refractivity contribution is 6.30. The van der Waals surface area contributed by atoms with Crippen molar-refractivity contribution in [1.82, 2.24) is 5.01 Å². The van der Waals surface area contributed by atoms with E-state index in [2.05, 4.69) is 5.43 Å².